The van der Waals surface area contributed by atoms with E-state index in [1.165, 1.54) is 18.4 Å². The van der Waals surface area contributed by atoms with Gasteiger partial charge in [-0.2, -0.15) is 0 Å². The van der Waals surface area contributed by atoms with Gasteiger partial charge in [0.15, 0.2) is 0 Å². The van der Waals surface area contributed by atoms with Crippen LogP contribution in [0, 0.1) is 5.92 Å². The van der Waals surface area contributed by atoms with Crippen LogP contribution in [0.25, 0.3) is 0 Å². The Morgan fingerprint density at radius 1 is 0.933 bits per heavy atom. The van der Waals surface area contributed by atoms with E-state index in [1.807, 2.05) is 35.2 Å². The molecule has 3 fully saturated rings. The molecule has 5 nitrogen and oxygen atoms in total. The van der Waals surface area contributed by atoms with E-state index in [0.29, 0.717) is 17.6 Å². The van der Waals surface area contributed by atoms with Crippen LogP contribution in [0.3, 0.4) is 0 Å². The molecule has 5 rings (SSSR count). The first-order chi connectivity index (χ1) is 14.6. The van der Waals surface area contributed by atoms with Gasteiger partial charge in [0.25, 0.3) is 0 Å². The number of carbonyl (C=O) groups is 2. The van der Waals surface area contributed by atoms with Gasteiger partial charge in [-0.25, -0.2) is 0 Å². The second kappa shape index (κ2) is 8.05. The first-order valence-electron chi connectivity index (χ1n) is 10.8. The van der Waals surface area contributed by atoms with Gasteiger partial charge in [0.05, 0.1) is 12.0 Å². The van der Waals surface area contributed by atoms with Crippen molar-refractivity contribution in [1.29, 1.82) is 0 Å². The zero-order chi connectivity index (χ0) is 20.7. The Labute approximate surface area is 182 Å². The van der Waals surface area contributed by atoms with Crippen LogP contribution in [0.5, 0.6) is 0 Å². The maximum atomic E-state index is 13.6. The summed E-state index contributed by atoms with van der Waals surface area (Å²) in [4.78, 5) is 32.5. The zero-order valence-electron chi connectivity index (χ0n) is 16.9. The fraction of sp³-hybridized carbons (Fsp3) is 0.417. The van der Waals surface area contributed by atoms with Crippen molar-refractivity contribution in [2.75, 3.05) is 31.1 Å². The minimum atomic E-state index is -0.299. The molecule has 0 bridgehead atoms. The van der Waals surface area contributed by atoms with Crippen LogP contribution < -0.4 is 4.90 Å². The van der Waals surface area contributed by atoms with Crippen LogP contribution in [0.4, 0.5) is 5.69 Å². The molecule has 2 amide bonds. The van der Waals surface area contributed by atoms with E-state index in [1.54, 1.807) is 17.0 Å². The summed E-state index contributed by atoms with van der Waals surface area (Å²) in [6.45, 7) is 2.95. The van der Waals surface area contributed by atoms with Crippen LogP contribution in [0.1, 0.15) is 30.9 Å². The van der Waals surface area contributed by atoms with Crippen molar-refractivity contribution in [1.82, 2.24) is 9.80 Å². The van der Waals surface area contributed by atoms with Crippen molar-refractivity contribution >= 4 is 29.1 Å². The standard InChI is InChI=1S/C24H26ClN3O2/c25-19-6-8-21(9-7-19)28-15-18(14-23(28)29)24(30)27-13-12-26(20-10-11-20)16-22(27)17-4-2-1-3-5-17/h1-9,18,20,22H,10-16H2. The summed E-state index contributed by atoms with van der Waals surface area (Å²) in [5.74, 6) is -0.195. The summed E-state index contributed by atoms with van der Waals surface area (Å²) >= 11 is 5.98. The Bertz CT molecular complexity index is 929. The lowest BCUT2D eigenvalue weighted by atomic mass is 9.98. The molecular formula is C24H26ClN3O2. The van der Waals surface area contributed by atoms with E-state index in [9.17, 15) is 9.59 Å². The molecule has 0 spiro atoms. The average Bonchev–Trinajstić information content (AvgIpc) is 3.56. The van der Waals surface area contributed by atoms with Crippen molar-refractivity contribution in [2.45, 2.75) is 31.3 Å². The summed E-state index contributed by atoms with van der Waals surface area (Å²) in [5.41, 5.74) is 1.98. The van der Waals surface area contributed by atoms with E-state index in [2.05, 4.69) is 17.0 Å². The second-order valence-corrected chi connectivity index (χ2v) is 9.00. The number of rotatable bonds is 4. The highest BCUT2D eigenvalue weighted by molar-refractivity contribution is 6.30. The van der Waals surface area contributed by atoms with Gasteiger partial charge >= 0.3 is 0 Å². The van der Waals surface area contributed by atoms with E-state index in [0.717, 1.165) is 25.3 Å². The van der Waals surface area contributed by atoms with Crippen LogP contribution in [0.15, 0.2) is 54.6 Å². The summed E-state index contributed by atoms with van der Waals surface area (Å²) in [5, 5.41) is 0.636. The van der Waals surface area contributed by atoms with Crippen molar-refractivity contribution < 1.29 is 9.59 Å². The summed E-state index contributed by atoms with van der Waals surface area (Å²) < 4.78 is 0. The molecule has 2 aromatic carbocycles. The number of nitrogens with zero attached hydrogens (tertiary/aromatic N) is 3. The first kappa shape index (κ1) is 19.6. The SMILES string of the molecule is O=C1CC(C(=O)N2CCN(C3CC3)CC2c2ccccc2)CN1c1ccc(Cl)cc1. The molecule has 2 unspecified atom stereocenters. The minimum Gasteiger partial charge on any atom is -0.333 e. The monoisotopic (exact) mass is 423 g/mol. The third-order valence-corrected chi connectivity index (χ3v) is 6.81. The van der Waals surface area contributed by atoms with Gasteiger partial charge in [-0.15, -0.1) is 0 Å². The molecule has 30 heavy (non-hydrogen) atoms. The fourth-order valence-corrected chi connectivity index (χ4v) is 4.90. The van der Waals surface area contributed by atoms with Crippen molar-refractivity contribution in [3.63, 3.8) is 0 Å². The highest BCUT2D eigenvalue weighted by Crippen LogP contribution is 2.35. The van der Waals surface area contributed by atoms with Gasteiger partial charge in [-0.3, -0.25) is 14.5 Å². The maximum absolute atomic E-state index is 13.6. The number of carbonyl (C=O) groups excluding carboxylic acids is 2. The smallest absolute Gasteiger partial charge is 0.228 e. The number of halogens is 1. The Hall–Kier alpha value is -2.37. The van der Waals surface area contributed by atoms with Gasteiger partial charge < -0.3 is 9.80 Å². The van der Waals surface area contributed by atoms with Crippen molar-refractivity contribution in [2.24, 2.45) is 5.92 Å². The molecule has 2 atom stereocenters. The molecule has 1 aliphatic carbocycles. The Kier molecular flexibility index (Phi) is 5.25. The van der Waals surface area contributed by atoms with Gasteiger partial charge in [0.2, 0.25) is 11.8 Å². The highest BCUT2D eigenvalue weighted by atomic mass is 35.5. The summed E-state index contributed by atoms with van der Waals surface area (Å²) in [6, 6.07) is 18.3. The van der Waals surface area contributed by atoms with Gasteiger partial charge in [-0.1, -0.05) is 41.9 Å². The summed E-state index contributed by atoms with van der Waals surface area (Å²) in [7, 11) is 0. The molecule has 0 N–H and O–H groups in total. The Morgan fingerprint density at radius 2 is 1.67 bits per heavy atom. The molecule has 3 aliphatic rings. The molecule has 6 heteroatoms. The van der Waals surface area contributed by atoms with Crippen molar-refractivity contribution in [3.05, 3.63) is 65.2 Å². The lowest BCUT2D eigenvalue weighted by Gasteiger charge is -2.43. The van der Waals surface area contributed by atoms with Crippen LogP contribution >= 0.6 is 11.6 Å². The van der Waals surface area contributed by atoms with Gasteiger partial charge in [0.1, 0.15) is 0 Å². The number of benzene rings is 2. The molecule has 0 aromatic heterocycles. The molecular weight excluding hydrogens is 398 g/mol. The third-order valence-electron chi connectivity index (χ3n) is 6.56. The van der Waals surface area contributed by atoms with E-state index < -0.39 is 0 Å². The Balaban J connectivity index is 1.35. The maximum Gasteiger partial charge on any atom is 0.228 e. The lowest BCUT2D eigenvalue weighted by Crippen LogP contribution is -2.52. The third kappa shape index (κ3) is 3.84. The molecule has 2 saturated heterocycles. The van der Waals surface area contributed by atoms with E-state index in [-0.39, 0.29) is 30.2 Å². The lowest BCUT2D eigenvalue weighted by molar-refractivity contribution is -0.141. The van der Waals surface area contributed by atoms with Crippen LogP contribution in [0.2, 0.25) is 5.02 Å². The highest BCUT2D eigenvalue weighted by Gasteiger charge is 2.42. The van der Waals surface area contributed by atoms with Gasteiger partial charge in [-0.05, 0) is 42.7 Å². The normalized spacial score (nSPS) is 25.0. The number of amides is 2. The van der Waals surface area contributed by atoms with Crippen LogP contribution in [-0.2, 0) is 9.59 Å². The summed E-state index contributed by atoms with van der Waals surface area (Å²) in [6.07, 6.45) is 2.80. The first-order valence-corrected chi connectivity index (χ1v) is 11.1. The quantitative estimate of drug-likeness (QED) is 0.752. The predicted octanol–water partition coefficient (Wildman–Crippen LogP) is 3.74. The fourth-order valence-electron chi connectivity index (χ4n) is 4.78. The predicted molar refractivity (Wildman–Crippen MR) is 117 cm³/mol. The second-order valence-electron chi connectivity index (χ2n) is 8.57. The zero-order valence-corrected chi connectivity index (χ0v) is 17.7. The number of hydrogen-bond acceptors (Lipinski definition) is 3. The molecule has 2 heterocycles. The molecule has 2 aromatic rings. The molecule has 2 aliphatic heterocycles. The van der Waals surface area contributed by atoms with Crippen LogP contribution in [-0.4, -0.2) is 53.8 Å². The van der Waals surface area contributed by atoms with Crippen molar-refractivity contribution in [3.8, 4) is 0 Å². The average molecular weight is 424 g/mol. The Morgan fingerprint density at radius 3 is 2.37 bits per heavy atom. The van der Waals surface area contributed by atoms with Gasteiger partial charge in [0, 0.05) is 49.4 Å². The number of piperazine rings is 1. The minimum absolute atomic E-state index is 0.00329. The number of anilines is 1. The topological polar surface area (TPSA) is 43.9 Å². The molecule has 1 saturated carbocycles. The van der Waals surface area contributed by atoms with E-state index >= 15 is 0 Å². The largest absolute Gasteiger partial charge is 0.333 e. The molecule has 156 valence electrons. The number of hydrogen-bond donors (Lipinski definition) is 0. The molecule has 0 radical (unpaired) electrons. The van der Waals surface area contributed by atoms with E-state index in [4.69, 9.17) is 11.6 Å².